The van der Waals surface area contributed by atoms with Crippen LogP contribution in [-0.4, -0.2) is 59.4 Å². The Kier molecular flexibility index (Phi) is 7.92. The lowest BCUT2D eigenvalue weighted by Gasteiger charge is -2.19. The summed E-state index contributed by atoms with van der Waals surface area (Å²) >= 11 is 0. The highest BCUT2D eigenvalue weighted by atomic mass is 32.2. The predicted molar refractivity (Wildman–Crippen MR) is 140 cm³/mol. The molecule has 40 heavy (non-hydrogen) atoms. The van der Waals surface area contributed by atoms with Crippen molar-refractivity contribution in [1.29, 1.82) is 0 Å². The highest BCUT2D eigenvalue weighted by Gasteiger charge is 2.35. The standard InChI is InChI=1S/C26H26F4N4O5S/c1-5-39-24-21(38-3)11-10-19(32-24)20(13-40(4,36)37)34-23-22(33(25(34)35)14-26(28,29)30)15(2)17(12-31-23)16-8-6-7-9-18(16)27/h6-12,20H,5,13-14H2,1-4H3/t20-/m1/s1. The van der Waals surface area contributed by atoms with E-state index >= 15 is 0 Å². The summed E-state index contributed by atoms with van der Waals surface area (Å²) in [5.41, 5.74) is -1.13. The van der Waals surface area contributed by atoms with Crippen molar-refractivity contribution in [3.8, 4) is 22.8 Å². The van der Waals surface area contributed by atoms with Gasteiger partial charge in [0.05, 0.1) is 36.7 Å². The third-order valence-corrected chi connectivity index (χ3v) is 7.11. The monoisotopic (exact) mass is 582 g/mol. The van der Waals surface area contributed by atoms with Gasteiger partial charge in [-0.1, -0.05) is 18.2 Å². The summed E-state index contributed by atoms with van der Waals surface area (Å²) in [7, 11) is -2.44. The maximum atomic E-state index is 14.6. The van der Waals surface area contributed by atoms with Crippen LogP contribution in [0.15, 0.2) is 47.4 Å². The molecule has 0 aliphatic carbocycles. The number of alkyl halides is 3. The van der Waals surface area contributed by atoms with E-state index in [0.29, 0.717) is 4.57 Å². The summed E-state index contributed by atoms with van der Waals surface area (Å²) < 4.78 is 92.8. The van der Waals surface area contributed by atoms with E-state index in [2.05, 4.69) is 9.97 Å². The number of fused-ring (bicyclic) bond motifs is 1. The Hall–Kier alpha value is -3.94. The molecule has 0 saturated heterocycles. The van der Waals surface area contributed by atoms with Crippen LogP contribution in [0.2, 0.25) is 0 Å². The molecule has 0 amide bonds. The largest absolute Gasteiger partial charge is 0.491 e. The topological polar surface area (TPSA) is 105 Å². The van der Waals surface area contributed by atoms with Gasteiger partial charge in [0.25, 0.3) is 5.88 Å². The molecule has 14 heteroatoms. The van der Waals surface area contributed by atoms with Crippen LogP contribution in [0.1, 0.15) is 24.2 Å². The van der Waals surface area contributed by atoms with E-state index in [4.69, 9.17) is 9.47 Å². The van der Waals surface area contributed by atoms with E-state index in [-0.39, 0.29) is 51.8 Å². The van der Waals surface area contributed by atoms with E-state index in [1.807, 2.05) is 0 Å². The second-order valence-electron chi connectivity index (χ2n) is 9.09. The van der Waals surface area contributed by atoms with Gasteiger partial charge in [-0.15, -0.1) is 0 Å². The summed E-state index contributed by atoms with van der Waals surface area (Å²) in [6.07, 6.45) is -2.63. The number of sulfone groups is 1. The van der Waals surface area contributed by atoms with Crippen LogP contribution < -0.4 is 15.2 Å². The van der Waals surface area contributed by atoms with Crippen LogP contribution in [0.3, 0.4) is 0 Å². The third-order valence-electron chi connectivity index (χ3n) is 6.19. The summed E-state index contributed by atoms with van der Waals surface area (Å²) in [5, 5.41) is 0. The van der Waals surface area contributed by atoms with Crippen LogP contribution >= 0.6 is 0 Å². The van der Waals surface area contributed by atoms with E-state index in [0.717, 1.165) is 10.8 Å². The molecule has 0 N–H and O–H groups in total. The van der Waals surface area contributed by atoms with Crippen molar-refractivity contribution < 1.29 is 35.5 Å². The Morgan fingerprint density at radius 3 is 2.40 bits per heavy atom. The molecule has 0 bridgehead atoms. The van der Waals surface area contributed by atoms with Gasteiger partial charge in [-0.25, -0.2) is 27.6 Å². The fraction of sp³-hybridized carbons (Fsp3) is 0.346. The number of pyridine rings is 2. The first-order chi connectivity index (χ1) is 18.8. The third kappa shape index (κ3) is 5.81. The molecule has 0 fully saturated rings. The van der Waals surface area contributed by atoms with Crippen molar-refractivity contribution in [1.82, 2.24) is 19.1 Å². The van der Waals surface area contributed by atoms with Crippen LogP contribution in [-0.2, 0) is 16.4 Å². The van der Waals surface area contributed by atoms with Crippen molar-refractivity contribution in [2.24, 2.45) is 0 Å². The zero-order valence-corrected chi connectivity index (χ0v) is 22.8. The molecule has 9 nitrogen and oxygen atoms in total. The Morgan fingerprint density at radius 2 is 1.80 bits per heavy atom. The maximum Gasteiger partial charge on any atom is 0.406 e. The lowest BCUT2D eigenvalue weighted by atomic mass is 10.0. The average Bonchev–Trinajstić information content (AvgIpc) is 3.13. The van der Waals surface area contributed by atoms with Gasteiger partial charge in [-0.3, -0.25) is 9.13 Å². The lowest BCUT2D eigenvalue weighted by Crippen LogP contribution is -2.34. The van der Waals surface area contributed by atoms with E-state index in [1.54, 1.807) is 13.0 Å². The van der Waals surface area contributed by atoms with Crippen molar-refractivity contribution in [3.63, 3.8) is 0 Å². The minimum absolute atomic E-state index is 0.0130. The molecule has 0 saturated carbocycles. The molecule has 0 radical (unpaired) electrons. The van der Waals surface area contributed by atoms with Gasteiger partial charge in [0.15, 0.2) is 11.4 Å². The molecule has 214 valence electrons. The number of nitrogens with zero attached hydrogens (tertiary/aromatic N) is 4. The number of methoxy groups -OCH3 is 1. The van der Waals surface area contributed by atoms with Gasteiger partial charge in [0.2, 0.25) is 0 Å². The van der Waals surface area contributed by atoms with Crippen molar-refractivity contribution in [3.05, 3.63) is 70.2 Å². The molecule has 0 aliphatic rings. The van der Waals surface area contributed by atoms with Crippen LogP contribution in [0.5, 0.6) is 11.6 Å². The molecule has 0 unspecified atom stereocenters. The average molecular weight is 583 g/mol. The molecule has 4 rings (SSSR count). The minimum Gasteiger partial charge on any atom is -0.491 e. The van der Waals surface area contributed by atoms with Gasteiger partial charge in [0, 0.05) is 23.6 Å². The molecular formula is C26H26F4N4O5S. The smallest absolute Gasteiger partial charge is 0.406 e. The van der Waals surface area contributed by atoms with Crippen LogP contribution in [0, 0.1) is 12.7 Å². The highest BCUT2D eigenvalue weighted by Crippen LogP contribution is 2.34. The molecule has 1 aromatic carbocycles. The van der Waals surface area contributed by atoms with Crippen molar-refractivity contribution in [2.45, 2.75) is 32.6 Å². The van der Waals surface area contributed by atoms with Gasteiger partial charge < -0.3 is 9.47 Å². The van der Waals surface area contributed by atoms with Crippen LogP contribution in [0.4, 0.5) is 17.6 Å². The summed E-state index contributed by atoms with van der Waals surface area (Å²) in [6, 6.07) is 7.14. The minimum atomic E-state index is -4.81. The molecule has 3 aromatic heterocycles. The first-order valence-electron chi connectivity index (χ1n) is 12.0. The molecular weight excluding hydrogens is 556 g/mol. The Bertz CT molecular complexity index is 1730. The number of aromatic nitrogens is 4. The van der Waals surface area contributed by atoms with E-state index in [1.165, 1.54) is 50.6 Å². The number of hydrogen-bond acceptors (Lipinski definition) is 7. The second kappa shape index (κ2) is 10.9. The number of aryl methyl sites for hydroxylation is 1. The molecule has 0 spiro atoms. The van der Waals surface area contributed by atoms with E-state index < -0.39 is 45.9 Å². The normalized spacial score (nSPS) is 13.0. The van der Waals surface area contributed by atoms with Gasteiger partial charge >= 0.3 is 11.9 Å². The summed E-state index contributed by atoms with van der Waals surface area (Å²) in [5.74, 6) is -1.06. The van der Waals surface area contributed by atoms with Crippen molar-refractivity contribution >= 4 is 21.0 Å². The Labute approximate surface area is 226 Å². The summed E-state index contributed by atoms with van der Waals surface area (Å²) in [6.45, 7) is 1.65. The number of ether oxygens (including phenoxy) is 2. The van der Waals surface area contributed by atoms with Gasteiger partial charge in [-0.05, 0) is 37.6 Å². The number of imidazole rings is 1. The van der Waals surface area contributed by atoms with Gasteiger partial charge in [0.1, 0.15) is 22.2 Å². The fourth-order valence-electron chi connectivity index (χ4n) is 4.55. The number of rotatable bonds is 9. The number of hydrogen-bond donors (Lipinski definition) is 0. The molecule has 0 aliphatic heterocycles. The van der Waals surface area contributed by atoms with E-state index in [9.17, 15) is 30.8 Å². The summed E-state index contributed by atoms with van der Waals surface area (Å²) in [4.78, 5) is 22.3. The predicted octanol–water partition coefficient (Wildman–Crippen LogP) is 4.31. The maximum absolute atomic E-state index is 14.6. The second-order valence-corrected chi connectivity index (χ2v) is 11.3. The van der Waals surface area contributed by atoms with Crippen LogP contribution in [0.25, 0.3) is 22.3 Å². The van der Waals surface area contributed by atoms with Crippen molar-refractivity contribution in [2.75, 3.05) is 25.7 Å². The zero-order valence-electron chi connectivity index (χ0n) is 22.0. The zero-order chi connectivity index (χ0) is 29.4. The van der Waals surface area contributed by atoms with Gasteiger partial charge in [-0.2, -0.15) is 13.2 Å². The lowest BCUT2D eigenvalue weighted by molar-refractivity contribution is -0.140. The SMILES string of the molecule is CCOc1nc([C@@H](CS(C)(=O)=O)n2c(=O)n(CC(F)(F)F)c3c(C)c(-c4ccccc4F)cnc32)ccc1OC. The number of benzene rings is 1. The first-order valence-corrected chi connectivity index (χ1v) is 14.1. The highest BCUT2D eigenvalue weighted by molar-refractivity contribution is 7.90. The fourth-order valence-corrected chi connectivity index (χ4v) is 5.45. The molecule has 3 heterocycles. The first kappa shape index (κ1) is 29.1. The number of halogens is 4. The Balaban J connectivity index is 2.07. The molecule has 4 aromatic rings. The Morgan fingerprint density at radius 1 is 1.10 bits per heavy atom. The quantitative estimate of drug-likeness (QED) is 0.271. The molecule has 1 atom stereocenters.